The molecule has 5 aliphatic rings. The second kappa shape index (κ2) is 5.17. The van der Waals surface area contributed by atoms with Crippen LogP contribution in [0.15, 0.2) is 12.1 Å². The first-order valence-corrected chi connectivity index (χ1v) is 10.3. The third-order valence-corrected chi connectivity index (χ3v) is 8.04. The van der Waals surface area contributed by atoms with Crippen molar-refractivity contribution in [1.82, 2.24) is 10.2 Å². The van der Waals surface area contributed by atoms with Gasteiger partial charge in [0.2, 0.25) is 6.41 Å². The van der Waals surface area contributed by atoms with Gasteiger partial charge in [0.05, 0.1) is 17.1 Å². The lowest BCUT2D eigenvalue weighted by molar-refractivity contribution is -0.191. The van der Waals surface area contributed by atoms with Crippen LogP contribution in [0.4, 0.5) is 0 Å². The molecule has 2 saturated carbocycles. The summed E-state index contributed by atoms with van der Waals surface area (Å²) in [6.45, 7) is 2.01. The molecule has 3 aliphatic carbocycles. The molecule has 1 aromatic carbocycles. The molecule has 1 saturated heterocycles. The summed E-state index contributed by atoms with van der Waals surface area (Å²) < 4.78 is 6.32. The number of rotatable bonds is 4. The smallest absolute Gasteiger partial charge is 0.207 e. The first-order valence-electron chi connectivity index (χ1n) is 10.3. The number of carbonyl (C=O) groups is 1. The number of amides is 1. The molecule has 6 rings (SSSR count). The summed E-state index contributed by atoms with van der Waals surface area (Å²) in [7, 11) is 0. The molecule has 1 amide bonds. The zero-order chi connectivity index (χ0) is 18.4. The highest BCUT2D eigenvalue weighted by Gasteiger charge is 2.73. The number of hydrogen-bond acceptors (Lipinski definition) is 5. The van der Waals surface area contributed by atoms with Crippen molar-refractivity contribution in [3.05, 3.63) is 23.3 Å². The van der Waals surface area contributed by atoms with E-state index in [1.807, 2.05) is 6.07 Å². The number of aliphatic hydroxyl groups is 1. The van der Waals surface area contributed by atoms with Gasteiger partial charge in [0.1, 0.15) is 6.10 Å². The number of phenolic OH excluding ortho intramolecular Hbond substituents is 1. The van der Waals surface area contributed by atoms with Crippen molar-refractivity contribution in [3.63, 3.8) is 0 Å². The average Bonchev–Trinajstić information content (AvgIpc) is 3.39. The summed E-state index contributed by atoms with van der Waals surface area (Å²) in [6.07, 6.45) is 5.97. The number of piperidine rings is 1. The summed E-state index contributed by atoms with van der Waals surface area (Å²) in [5.41, 5.74) is 0.776. The Kier molecular flexibility index (Phi) is 3.10. The largest absolute Gasteiger partial charge is 0.504 e. The minimum Gasteiger partial charge on any atom is -0.504 e. The highest BCUT2D eigenvalue weighted by atomic mass is 16.5. The van der Waals surface area contributed by atoms with Gasteiger partial charge in [0.25, 0.3) is 0 Å². The van der Waals surface area contributed by atoms with E-state index in [0.717, 1.165) is 43.8 Å². The Bertz CT molecular complexity index is 825. The van der Waals surface area contributed by atoms with E-state index in [0.29, 0.717) is 18.6 Å². The van der Waals surface area contributed by atoms with Gasteiger partial charge in [-0.05, 0) is 62.6 Å². The molecule has 1 spiro atoms. The summed E-state index contributed by atoms with van der Waals surface area (Å²) >= 11 is 0. The fourth-order valence-corrected chi connectivity index (χ4v) is 6.74. The van der Waals surface area contributed by atoms with E-state index in [4.69, 9.17) is 4.74 Å². The van der Waals surface area contributed by atoms with Crippen molar-refractivity contribution < 1.29 is 19.7 Å². The van der Waals surface area contributed by atoms with Crippen LogP contribution in [-0.4, -0.2) is 58.4 Å². The molecule has 27 heavy (non-hydrogen) atoms. The maximum Gasteiger partial charge on any atom is 0.207 e. The van der Waals surface area contributed by atoms with Gasteiger partial charge in [-0.2, -0.15) is 0 Å². The van der Waals surface area contributed by atoms with E-state index >= 15 is 0 Å². The van der Waals surface area contributed by atoms with Crippen molar-refractivity contribution >= 4 is 6.41 Å². The van der Waals surface area contributed by atoms with Crippen molar-refractivity contribution in [2.45, 2.75) is 67.7 Å². The Hall–Kier alpha value is -1.79. The highest BCUT2D eigenvalue weighted by Crippen LogP contribution is 2.65. The van der Waals surface area contributed by atoms with Crippen molar-refractivity contribution in [2.75, 3.05) is 13.1 Å². The van der Waals surface area contributed by atoms with Gasteiger partial charge in [0.15, 0.2) is 11.5 Å². The van der Waals surface area contributed by atoms with Crippen molar-refractivity contribution in [3.8, 4) is 11.5 Å². The van der Waals surface area contributed by atoms with Gasteiger partial charge in [-0.15, -0.1) is 0 Å². The van der Waals surface area contributed by atoms with E-state index in [-0.39, 0.29) is 23.9 Å². The molecule has 6 heteroatoms. The molecule has 1 aromatic rings. The third kappa shape index (κ3) is 1.86. The number of hydrogen-bond donors (Lipinski definition) is 3. The number of nitrogens with one attached hydrogen (secondary N) is 1. The number of ether oxygens (including phenoxy) is 1. The molecule has 5 atom stereocenters. The van der Waals surface area contributed by atoms with E-state index in [1.165, 1.54) is 18.4 Å². The summed E-state index contributed by atoms with van der Waals surface area (Å²) in [4.78, 5) is 13.7. The number of aromatic hydroxyl groups is 1. The minimum absolute atomic E-state index is 0.0816. The topological polar surface area (TPSA) is 82.0 Å². The lowest BCUT2D eigenvalue weighted by Gasteiger charge is -2.64. The summed E-state index contributed by atoms with van der Waals surface area (Å²) in [5, 5.41) is 25.6. The molecule has 2 heterocycles. The third-order valence-electron chi connectivity index (χ3n) is 8.04. The van der Waals surface area contributed by atoms with Gasteiger partial charge >= 0.3 is 0 Å². The standard InChI is InChI=1S/C21H26N2O4/c24-11-22-14-5-6-21(26)16-9-13-3-4-15(25)18-17(13)20(21,19(14)27-18)7-8-23(16)10-12-1-2-12/h3-4,11-12,14,16,19,25-26H,1-2,5-10H2,(H,22,24)/t14-,16-,19+,20+,21-/m1/s1. The molecule has 2 aliphatic heterocycles. The second-order valence-corrected chi connectivity index (χ2v) is 9.22. The first-order chi connectivity index (χ1) is 13.1. The van der Waals surface area contributed by atoms with E-state index in [9.17, 15) is 15.0 Å². The molecule has 0 aromatic heterocycles. The van der Waals surface area contributed by atoms with Crippen LogP contribution < -0.4 is 10.1 Å². The monoisotopic (exact) mass is 370 g/mol. The Morgan fingerprint density at radius 3 is 2.93 bits per heavy atom. The number of phenols is 1. The normalized spacial score (nSPS) is 41.6. The number of likely N-dealkylation sites (tertiary alicyclic amines) is 1. The second-order valence-electron chi connectivity index (χ2n) is 9.22. The lowest BCUT2D eigenvalue weighted by Crippen LogP contribution is -2.78. The fraction of sp³-hybridized carbons (Fsp3) is 0.667. The first kappa shape index (κ1) is 16.2. The van der Waals surface area contributed by atoms with Gasteiger partial charge in [0, 0.05) is 18.2 Å². The maximum atomic E-state index is 12.2. The molecule has 2 bridgehead atoms. The van der Waals surface area contributed by atoms with Crippen LogP contribution >= 0.6 is 0 Å². The van der Waals surface area contributed by atoms with Crippen LogP contribution in [0.5, 0.6) is 11.5 Å². The van der Waals surface area contributed by atoms with E-state index in [2.05, 4.69) is 10.2 Å². The number of carbonyl (C=O) groups excluding carboxylic acids is 1. The maximum absolute atomic E-state index is 12.2. The zero-order valence-electron chi connectivity index (χ0n) is 15.4. The van der Waals surface area contributed by atoms with Crippen LogP contribution in [0.2, 0.25) is 0 Å². The van der Waals surface area contributed by atoms with Crippen molar-refractivity contribution in [1.29, 1.82) is 0 Å². The molecular formula is C21H26N2O4. The number of benzene rings is 1. The number of nitrogens with zero attached hydrogens (tertiary/aromatic N) is 1. The van der Waals surface area contributed by atoms with Crippen molar-refractivity contribution in [2.24, 2.45) is 5.92 Å². The van der Waals surface area contributed by atoms with Crippen LogP contribution in [0.1, 0.15) is 43.2 Å². The lowest BCUT2D eigenvalue weighted by atomic mass is 9.48. The van der Waals surface area contributed by atoms with E-state index < -0.39 is 11.0 Å². The predicted molar refractivity (Wildman–Crippen MR) is 97.8 cm³/mol. The van der Waals surface area contributed by atoms with Crippen LogP contribution in [0, 0.1) is 5.92 Å². The molecule has 3 fully saturated rings. The molecule has 3 N–H and O–H groups in total. The Labute approximate surface area is 158 Å². The quantitative estimate of drug-likeness (QED) is 0.691. The fourth-order valence-electron chi connectivity index (χ4n) is 6.74. The van der Waals surface area contributed by atoms with Gasteiger partial charge in [-0.1, -0.05) is 6.07 Å². The zero-order valence-corrected chi connectivity index (χ0v) is 15.4. The van der Waals surface area contributed by atoms with Gasteiger partial charge in [-0.3, -0.25) is 9.69 Å². The average molecular weight is 370 g/mol. The predicted octanol–water partition coefficient (Wildman–Crippen LogP) is 1.07. The summed E-state index contributed by atoms with van der Waals surface area (Å²) in [6, 6.07) is 3.66. The molecule has 144 valence electrons. The van der Waals surface area contributed by atoms with Gasteiger partial charge in [-0.25, -0.2) is 0 Å². The Balaban J connectivity index is 1.54. The van der Waals surface area contributed by atoms with Crippen LogP contribution in [0.25, 0.3) is 0 Å². The minimum atomic E-state index is -0.877. The van der Waals surface area contributed by atoms with Crippen LogP contribution in [-0.2, 0) is 16.6 Å². The van der Waals surface area contributed by atoms with E-state index in [1.54, 1.807) is 6.07 Å². The molecule has 6 nitrogen and oxygen atoms in total. The van der Waals surface area contributed by atoms with Crippen LogP contribution in [0.3, 0.4) is 0 Å². The molecular weight excluding hydrogens is 344 g/mol. The Morgan fingerprint density at radius 1 is 1.30 bits per heavy atom. The Morgan fingerprint density at radius 2 is 2.15 bits per heavy atom. The highest BCUT2D eigenvalue weighted by molar-refractivity contribution is 5.63. The molecule has 0 unspecified atom stereocenters. The summed E-state index contributed by atoms with van der Waals surface area (Å²) in [5.74, 6) is 1.45. The molecule has 0 radical (unpaired) electrons. The van der Waals surface area contributed by atoms with Gasteiger partial charge < -0.3 is 20.3 Å². The SMILES string of the molecule is O=CN[C@@H]1CC[C@@]2(O)[C@H]3Cc4ccc(O)c5c4[C@@]2(CCN3CC2CC2)[C@H]1O5.